The van der Waals surface area contributed by atoms with Crippen LogP contribution in [-0.2, 0) is 4.79 Å². The van der Waals surface area contributed by atoms with Gasteiger partial charge in [0, 0.05) is 6.54 Å². The van der Waals surface area contributed by atoms with Crippen molar-refractivity contribution in [1.82, 2.24) is 5.32 Å². The zero-order valence-electron chi connectivity index (χ0n) is 10.6. The fraction of sp³-hybridized carbons (Fsp3) is 0.333. The van der Waals surface area contributed by atoms with Crippen LogP contribution in [0.4, 0.5) is 22.0 Å². The molecule has 0 aliphatic heterocycles. The second kappa shape index (κ2) is 6.51. The van der Waals surface area contributed by atoms with Crippen LogP contribution in [0.3, 0.4) is 0 Å². The van der Waals surface area contributed by atoms with Crippen molar-refractivity contribution in [2.45, 2.75) is 13.3 Å². The topological polar surface area (TPSA) is 66.4 Å². The second-order valence-electron chi connectivity index (χ2n) is 4.23. The van der Waals surface area contributed by atoms with Gasteiger partial charge in [-0.25, -0.2) is 22.0 Å². The number of carbonyl (C=O) groups excluding carboxylic acids is 1. The smallest absolute Gasteiger partial charge is 0.306 e. The van der Waals surface area contributed by atoms with Crippen LogP contribution in [-0.4, -0.2) is 23.5 Å². The summed E-state index contributed by atoms with van der Waals surface area (Å²) in [5.74, 6) is -14.8. The van der Waals surface area contributed by atoms with Gasteiger partial charge in [-0.05, 0) is 6.42 Å². The van der Waals surface area contributed by atoms with Gasteiger partial charge in [-0.2, -0.15) is 0 Å². The number of carbonyl (C=O) groups is 2. The van der Waals surface area contributed by atoms with Crippen LogP contribution < -0.4 is 5.32 Å². The molecule has 116 valence electrons. The van der Waals surface area contributed by atoms with Gasteiger partial charge in [-0.15, -0.1) is 0 Å². The van der Waals surface area contributed by atoms with Crippen LogP contribution in [0.2, 0.25) is 0 Å². The highest BCUT2D eigenvalue weighted by Gasteiger charge is 2.29. The molecular formula is C12H10F5NO3. The molecule has 1 aromatic rings. The molecule has 0 saturated heterocycles. The summed E-state index contributed by atoms with van der Waals surface area (Å²) in [5, 5.41) is 10.5. The van der Waals surface area contributed by atoms with Crippen molar-refractivity contribution >= 4 is 11.9 Å². The molecule has 0 saturated carbocycles. The molecule has 0 spiro atoms. The largest absolute Gasteiger partial charge is 0.481 e. The molecule has 1 atom stereocenters. The fourth-order valence-electron chi connectivity index (χ4n) is 1.42. The quantitative estimate of drug-likeness (QED) is 0.498. The first-order chi connectivity index (χ1) is 9.68. The highest BCUT2D eigenvalue weighted by Crippen LogP contribution is 2.22. The zero-order valence-corrected chi connectivity index (χ0v) is 10.6. The number of aliphatic carboxylic acids is 1. The summed E-state index contributed by atoms with van der Waals surface area (Å²) in [4.78, 5) is 22.0. The van der Waals surface area contributed by atoms with Gasteiger partial charge in [0.2, 0.25) is 5.82 Å². The number of nitrogens with one attached hydrogen (secondary N) is 1. The van der Waals surface area contributed by atoms with E-state index < -0.39 is 52.4 Å². The molecule has 4 nitrogen and oxygen atoms in total. The second-order valence-corrected chi connectivity index (χ2v) is 4.23. The van der Waals surface area contributed by atoms with Crippen LogP contribution >= 0.6 is 0 Å². The number of carboxylic acids is 1. The lowest BCUT2D eigenvalue weighted by molar-refractivity contribution is -0.141. The number of carboxylic acid groups (broad SMARTS) is 1. The van der Waals surface area contributed by atoms with Gasteiger partial charge in [0.1, 0.15) is 5.56 Å². The molecule has 1 unspecified atom stereocenters. The summed E-state index contributed by atoms with van der Waals surface area (Å²) in [6.45, 7) is 1.03. The number of amides is 1. The van der Waals surface area contributed by atoms with E-state index in [0.29, 0.717) is 0 Å². The van der Waals surface area contributed by atoms with E-state index >= 15 is 0 Å². The molecule has 1 rings (SSSR count). The highest BCUT2D eigenvalue weighted by atomic mass is 19.2. The third-order valence-corrected chi connectivity index (χ3v) is 2.72. The summed E-state index contributed by atoms with van der Waals surface area (Å²) in [6.07, 6.45) is -0.0729. The van der Waals surface area contributed by atoms with E-state index in [0.717, 1.165) is 0 Å². The summed E-state index contributed by atoms with van der Waals surface area (Å²) >= 11 is 0. The molecule has 9 heteroatoms. The summed E-state index contributed by atoms with van der Waals surface area (Å²) in [6, 6.07) is 0. The van der Waals surface area contributed by atoms with Crippen molar-refractivity contribution in [2.24, 2.45) is 5.92 Å². The minimum Gasteiger partial charge on any atom is -0.481 e. The molecule has 0 bridgehead atoms. The summed E-state index contributed by atoms with van der Waals surface area (Å²) < 4.78 is 65.2. The maximum atomic E-state index is 13.3. The Kier molecular flexibility index (Phi) is 5.23. The summed E-state index contributed by atoms with van der Waals surface area (Å²) in [5.41, 5.74) is -1.60. The first-order valence-corrected chi connectivity index (χ1v) is 5.70. The Morgan fingerprint density at radius 3 is 1.86 bits per heavy atom. The van der Waals surface area contributed by atoms with Crippen molar-refractivity contribution < 1.29 is 36.6 Å². The van der Waals surface area contributed by atoms with Crippen molar-refractivity contribution in [3.05, 3.63) is 34.6 Å². The highest BCUT2D eigenvalue weighted by molar-refractivity contribution is 5.94. The number of halogens is 5. The van der Waals surface area contributed by atoms with E-state index in [4.69, 9.17) is 5.11 Å². The van der Waals surface area contributed by atoms with Crippen LogP contribution in [0.5, 0.6) is 0 Å². The average Bonchev–Trinajstić information content (AvgIpc) is 2.43. The molecule has 2 N–H and O–H groups in total. The number of hydrogen-bond acceptors (Lipinski definition) is 2. The Morgan fingerprint density at radius 1 is 1.00 bits per heavy atom. The molecule has 0 aliphatic carbocycles. The fourth-order valence-corrected chi connectivity index (χ4v) is 1.42. The molecule has 0 aliphatic rings. The van der Waals surface area contributed by atoms with Crippen LogP contribution in [0, 0.1) is 35.0 Å². The first kappa shape index (κ1) is 16.9. The molecular weight excluding hydrogens is 301 g/mol. The maximum absolute atomic E-state index is 13.3. The third-order valence-electron chi connectivity index (χ3n) is 2.72. The Balaban J connectivity index is 2.92. The monoisotopic (exact) mass is 311 g/mol. The maximum Gasteiger partial charge on any atom is 0.306 e. The van der Waals surface area contributed by atoms with E-state index in [1.807, 2.05) is 5.32 Å². The lowest BCUT2D eigenvalue weighted by Crippen LogP contribution is -2.29. The van der Waals surface area contributed by atoms with Gasteiger partial charge < -0.3 is 10.4 Å². The number of benzene rings is 1. The first-order valence-electron chi connectivity index (χ1n) is 5.70. The normalized spacial score (nSPS) is 12.1. The molecule has 1 aromatic carbocycles. The molecule has 1 amide bonds. The zero-order chi connectivity index (χ0) is 16.3. The molecule has 0 aromatic heterocycles. The molecule has 0 radical (unpaired) electrons. The Labute approximate surface area is 115 Å². The average molecular weight is 311 g/mol. The predicted molar refractivity (Wildman–Crippen MR) is 60.0 cm³/mol. The lowest BCUT2D eigenvalue weighted by Gasteiger charge is -2.10. The minimum atomic E-state index is -2.36. The van der Waals surface area contributed by atoms with Crippen molar-refractivity contribution in [1.29, 1.82) is 0 Å². The predicted octanol–water partition coefficient (Wildman–Crippen LogP) is 2.22. The number of rotatable bonds is 5. The van der Waals surface area contributed by atoms with Crippen LogP contribution in [0.1, 0.15) is 23.7 Å². The standard InChI is InChI=1S/C12H10F5NO3/c1-4(12(20)21)2-3-18-11(19)5-6(13)8(15)10(17)9(16)7(5)14/h4H,2-3H2,1H3,(H,18,19)(H,20,21). The Hall–Kier alpha value is -2.19. The van der Waals surface area contributed by atoms with Gasteiger partial charge in [-0.3, -0.25) is 9.59 Å². The van der Waals surface area contributed by atoms with Gasteiger partial charge in [0.05, 0.1) is 5.92 Å². The third kappa shape index (κ3) is 3.47. The van der Waals surface area contributed by atoms with E-state index in [1.165, 1.54) is 6.92 Å². The number of hydrogen-bond donors (Lipinski definition) is 2. The van der Waals surface area contributed by atoms with Crippen molar-refractivity contribution in [3.63, 3.8) is 0 Å². The van der Waals surface area contributed by atoms with Gasteiger partial charge >= 0.3 is 5.97 Å². The van der Waals surface area contributed by atoms with E-state index in [2.05, 4.69) is 0 Å². The summed E-state index contributed by atoms with van der Waals surface area (Å²) in [7, 11) is 0. The lowest BCUT2D eigenvalue weighted by atomic mass is 10.1. The van der Waals surface area contributed by atoms with Gasteiger partial charge in [0.15, 0.2) is 23.3 Å². The minimum absolute atomic E-state index is 0.0729. The van der Waals surface area contributed by atoms with Crippen molar-refractivity contribution in [3.8, 4) is 0 Å². The molecule has 0 heterocycles. The van der Waals surface area contributed by atoms with Gasteiger partial charge in [0.25, 0.3) is 5.91 Å². The van der Waals surface area contributed by atoms with Gasteiger partial charge in [-0.1, -0.05) is 6.92 Å². The van der Waals surface area contributed by atoms with Crippen LogP contribution in [0.25, 0.3) is 0 Å². The van der Waals surface area contributed by atoms with Crippen LogP contribution in [0.15, 0.2) is 0 Å². The molecule has 0 fully saturated rings. The van der Waals surface area contributed by atoms with E-state index in [9.17, 15) is 31.5 Å². The Morgan fingerprint density at radius 2 is 1.43 bits per heavy atom. The molecule has 21 heavy (non-hydrogen) atoms. The Bertz CT molecular complexity index is 562. The van der Waals surface area contributed by atoms with E-state index in [-0.39, 0.29) is 13.0 Å². The SMILES string of the molecule is CC(CCNC(=O)c1c(F)c(F)c(F)c(F)c1F)C(=O)O. The van der Waals surface area contributed by atoms with E-state index in [1.54, 1.807) is 0 Å². The van der Waals surface area contributed by atoms with Crippen molar-refractivity contribution in [2.75, 3.05) is 6.54 Å².